The minimum absolute atomic E-state index is 0.113. The van der Waals surface area contributed by atoms with Crippen molar-refractivity contribution in [3.8, 4) is 11.3 Å². The molecule has 60 heavy (non-hydrogen) atoms. The molecule has 2 aliphatic rings. The van der Waals surface area contributed by atoms with Crippen molar-refractivity contribution in [1.29, 1.82) is 0 Å². The van der Waals surface area contributed by atoms with Crippen molar-refractivity contribution >= 4 is 35.2 Å². The highest BCUT2D eigenvalue weighted by molar-refractivity contribution is 6.08. The maximum Gasteiger partial charge on any atom is 0.416 e. The van der Waals surface area contributed by atoms with Crippen LogP contribution in [0.1, 0.15) is 82.2 Å². The third-order valence-corrected chi connectivity index (χ3v) is 10.5. The molecule has 0 atom stereocenters. The van der Waals surface area contributed by atoms with Crippen LogP contribution in [-0.4, -0.2) is 109 Å². The van der Waals surface area contributed by atoms with Gasteiger partial charge in [0, 0.05) is 100 Å². The first kappa shape index (κ1) is 43.6. The summed E-state index contributed by atoms with van der Waals surface area (Å²) in [7, 11) is 1.72. The van der Waals surface area contributed by atoms with Crippen LogP contribution in [0.5, 0.6) is 0 Å². The molecular formula is C45H52F3N7O5. The van der Waals surface area contributed by atoms with Gasteiger partial charge >= 0.3 is 12.3 Å². The molecule has 0 saturated carbocycles. The number of nitrogens with zero attached hydrogens (tertiary/aromatic N) is 5. The summed E-state index contributed by atoms with van der Waals surface area (Å²) in [5, 5.41) is 5.70. The molecule has 0 aliphatic carbocycles. The fourth-order valence-corrected chi connectivity index (χ4v) is 7.14. The maximum atomic E-state index is 13.8. The summed E-state index contributed by atoms with van der Waals surface area (Å²) in [4.78, 5) is 65.4. The van der Waals surface area contributed by atoms with Gasteiger partial charge < -0.3 is 30.1 Å². The topological polar surface area (TPSA) is 127 Å². The Balaban J connectivity index is 1.13. The molecule has 0 spiro atoms. The summed E-state index contributed by atoms with van der Waals surface area (Å²) in [5.74, 6) is -1.19. The van der Waals surface area contributed by atoms with Crippen molar-refractivity contribution in [1.82, 2.24) is 25.0 Å². The zero-order valence-electron chi connectivity index (χ0n) is 34.5. The summed E-state index contributed by atoms with van der Waals surface area (Å²) < 4.78 is 45.3. The zero-order valence-corrected chi connectivity index (χ0v) is 34.5. The minimum Gasteiger partial charge on any atom is -0.444 e. The van der Waals surface area contributed by atoms with Crippen molar-refractivity contribution in [2.75, 3.05) is 69.6 Å². The fourth-order valence-electron chi connectivity index (χ4n) is 7.14. The van der Waals surface area contributed by atoms with Crippen molar-refractivity contribution in [3.05, 3.63) is 113 Å². The number of anilines is 2. The van der Waals surface area contributed by atoms with Crippen molar-refractivity contribution in [2.24, 2.45) is 0 Å². The second kappa shape index (κ2) is 19.0. The number of aromatic nitrogens is 1. The van der Waals surface area contributed by atoms with Gasteiger partial charge in [0.1, 0.15) is 5.60 Å². The third-order valence-electron chi connectivity index (χ3n) is 10.5. The van der Waals surface area contributed by atoms with Gasteiger partial charge in [-0.1, -0.05) is 18.2 Å². The van der Waals surface area contributed by atoms with Crippen LogP contribution in [0.2, 0.25) is 0 Å². The highest BCUT2D eigenvalue weighted by Crippen LogP contribution is 2.34. The average molecular weight is 828 g/mol. The molecule has 1 aromatic heterocycles. The van der Waals surface area contributed by atoms with Crippen molar-refractivity contribution < 1.29 is 37.1 Å². The second-order valence-corrected chi connectivity index (χ2v) is 16.2. The molecule has 2 saturated heterocycles. The SMILES string of the molecule is CN(CCN1CCN(C(=O)OC(C)(C)C)CC1)C(=O)c1cccc(C(=O)Nc2ccc(N3CCCCC3)cc2-c2cc(C(=O)NCc3cccc(C(F)(F)F)c3)ccn2)c1. The number of hydrogen-bond acceptors (Lipinski definition) is 8. The third kappa shape index (κ3) is 11.6. The predicted molar refractivity (Wildman–Crippen MR) is 224 cm³/mol. The van der Waals surface area contributed by atoms with E-state index in [1.807, 2.05) is 32.9 Å². The molecule has 2 aliphatic heterocycles. The number of ether oxygens (including phenoxy) is 1. The summed E-state index contributed by atoms with van der Waals surface area (Å²) in [6.45, 7) is 10.6. The number of alkyl halides is 3. The Bertz CT molecular complexity index is 2180. The Morgan fingerprint density at radius 2 is 1.48 bits per heavy atom. The van der Waals surface area contributed by atoms with E-state index >= 15 is 0 Å². The van der Waals surface area contributed by atoms with Crippen LogP contribution in [-0.2, 0) is 17.5 Å². The molecule has 318 valence electrons. The van der Waals surface area contributed by atoms with Gasteiger partial charge in [-0.3, -0.25) is 24.3 Å². The molecule has 2 fully saturated rings. The molecule has 2 N–H and O–H groups in total. The Hall–Kier alpha value is -5.96. The quantitative estimate of drug-likeness (QED) is 0.159. The molecular weight excluding hydrogens is 776 g/mol. The molecule has 0 bridgehead atoms. The van der Waals surface area contributed by atoms with Gasteiger partial charge in [-0.15, -0.1) is 0 Å². The van der Waals surface area contributed by atoms with E-state index in [1.54, 1.807) is 53.2 Å². The van der Waals surface area contributed by atoms with Crippen LogP contribution in [0.4, 0.5) is 29.3 Å². The number of carbonyl (C=O) groups excluding carboxylic acids is 4. The lowest BCUT2D eigenvalue weighted by molar-refractivity contribution is -0.137. The van der Waals surface area contributed by atoms with Gasteiger partial charge in [0.2, 0.25) is 0 Å². The molecule has 4 amide bonds. The molecule has 3 aromatic carbocycles. The largest absolute Gasteiger partial charge is 0.444 e. The predicted octanol–water partition coefficient (Wildman–Crippen LogP) is 7.56. The Labute approximate surface area is 348 Å². The van der Waals surface area contributed by atoms with Gasteiger partial charge in [-0.2, -0.15) is 13.2 Å². The minimum atomic E-state index is -4.50. The summed E-state index contributed by atoms with van der Waals surface area (Å²) in [6, 6.07) is 20.1. The monoisotopic (exact) mass is 827 g/mol. The number of pyridine rings is 1. The average Bonchev–Trinajstić information content (AvgIpc) is 3.24. The number of rotatable bonds is 11. The van der Waals surface area contributed by atoms with Crippen LogP contribution in [0, 0.1) is 0 Å². The first-order chi connectivity index (χ1) is 28.5. The van der Waals surface area contributed by atoms with Crippen molar-refractivity contribution in [3.63, 3.8) is 0 Å². The van der Waals surface area contributed by atoms with E-state index in [-0.39, 0.29) is 29.7 Å². The number of halogens is 3. The molecule has 0 radical (unpaired) electrons. The van der Waals surface area contributed by atoms with Crippen LogP contribution >= 0.6 is 0 Å². The van der Waals surface area contributed by atoms with Crippen LogP contribution in [0.15, 0.2) is 85.1 Å². The molecule has 6 rings (SSSR count). The molecule has 12 nitrogen and oxygen atoms in total. The lowest BCUT2D eigenvalue weighted by Crippen LogP contribution is -2.51. The Morgan fingerprint density at radius 1 is 0.783 bits per heavy atom. The van der Waals surface area contributed by atoms with E-state index < -0.39 is 29.2 Å². The number of hydrogen-bond donors (Lipinski definition) is 2. The van der Waals surface area contributed by atoms with Crippen LogP contribution < -0.4 is 15.5 Å². The molecule has 3 heterocycles. The lowest BCUT2D eigenvalue weighted by atomic mass is 10.0. The molecule has 15 heteroatoms. The van der Waals surface area contributed by atoms with E-state index in [9.17, 15) is 32.3 Å². The Morgan fingerprint density at radius 3 is 2.20 bits per heavy atom. The number of benzene rings is 3. The van der Waals surface area contributed by atoms with E-state index in [1.165, 1.54) is 24.4 Å². The highest BCUT2D eigenvalue weighted by atomic mass is 19.4. The first-order valence-corrected chi connectivity index (χ1v) is 20.2. The lowest BCUT2D eigenvalue weighted by Gasteiger charge is -2.36. The van der Waals surface area contributed by atoms with E-state index in [0.717, 1.165) is 50.2 Å². The Kier molecular flexibility index (Phi) is 13.8. The second-order valence-electron chi connectivity index (χ2n) is 16.2. The van der Waals surface area contributed by atoms with Gasteiger partial charge in [-0.25, -0.2) is 4.79 Å². The molecule has 4 aromatic rings. The summed E-state index contributed by atoms with van der Waals surface area (Å²) in [5.41, 5.74) is 2.16. The number of piperazine rings is 1. The fraction of sp³-hybridized carbons (Fsp3) is 0.400. The van der Waals surface area contributed by atoms with Crippen molar-refractivity contribution in [2.45, 2.75) is 58.4 Å². The van der Waals surface area contributed by atoms with Crippen LogP contribution in [0.3, 0.4) is 0 Å². The van der Waals surface area contributed by atoms with Gasteiger partial charge in [0.05, 0.1) is 16.9 Å². The number of piperidine rings is 1. The summed E-state index contributed by atoms with van der Waals surface area (Å²) in [6.07, 6.45) is -0.119. The molecule has 0 unspecified atom stereocenters. The van der Waals surface area contributed by atoms with Crippen LogP contribution in [0.25, 0.3) is 11.3 Å². The zero-order chi connectivity index (χ0) is 43.0. The normalized spacial score (nSPS) is 15.0. The number of likely N-dealkylation sites (N-methyl/N-ethyl adjacent to an activating group) is 1. The van der Waals surface area contributed by atoms with E-state index in [4.69, 9.17) is 4.74 Å². The van der Waals surface area contributed by atoms with E-state index in [2.05, 4.69) is 25.4 Å². The van der Waals surface area contributed by atoms with E-state index in [0.29, 0.717) is 67.3 Å². The standard InChI is InChI=1S/C45H52F3N7O5/c1-44(2,3)60-43(59)55-24-22-53(23-25-55)21-20-52(4)42(58)34-12-9-11-32(27-34)41(57)51-38-15-14-36(54-18-6-5-7-19-54)29-37(38)39-28-33(16-17-49-39)40(56)50-30-31-10-8-13-35(26-31)45(46,47)48/h8-17,26-29H,5-7,18-25,30H2,1-4H3,(H,50,56)(H,51,57). The van der Waals surface area contributed by atoms with Gasteiger partial charge in [0.15, 0.2) is 0 Å². The van der Waals surface area contributed by atoms with Gasteiger partial charge in [0.25, 0.3) is 17.7 Å². The number of carbonyl (C=O) groups is 4. The highest BCUT2D eigenvalue weighted by Gasteiger charge is 2.30. The smallest absolute Gasteiger partial charge is 0.416 e. The summed E-state index contributed by atoms with van der Waals surface area (Å²) >= 11 is 0. The first-order valence-electron chi connectivity index (χ1n) is 20.2. The maximum absolute atomic E-state index is 13.8. The number of amides is 4. The van der Waals surface area contributed by atoms with Gasteiger partial charge in [-0.05, 0) is 106 Å². The number of nitrogens with one attached hydrogen (secondary N) is 2.